The monoisotopic (exact) mass is 497 g/mol. The second-order valence-electron chi connectivity index (χ2n) is 6.87. The quantitative estimate of drug-likeness (QED) is 0.615. The Balaban J connectivity index is 1.90. The van der Waals surface area contributed by atoms with E-state index < -0.39 is 38.4 Å². The number of amides is 1. The summed E-state index contributed by atoms with van der Waals surface area (Å²) in [6, 6.07) is 3.89. The highest BCUT2D eigenvalue weighted by Crippen LogP contribution is 2.50. The Morgan fingerprint density at radius 1 is 1.28 bits per heavy atom. The standard InChI is InChI=1S/C17H16BrF4N3O3S/c1-9-7-10(3-4-11(9)19)23-15(26)14-13(18)12(8-25(14)2)29(27,28)24-16(5-6-16)17(20,21)22/h3-4,7-8,24H,5-6H2,1-2H3,(H,23,26). The van der Waals surface area contributed by atoms with Gasteiger partial charge in [0.15, 0.2) is 0 Å². The summed E-state index contributed by atoms with van der Waals surface area (Å²) in [5.74, 6) is -1.18. The molecule has 2 N–H and O–H groups in total. The van der Waals surface area contributed by atoms with E-state index in [1.165, 1.54) is 30.7 Å². The van der Waals surface area contributed by atoms with Gasteiger partial charge in [0, 0.05) is 18.9 Å². The van der Waals surface area contributed by atoms with Crippen molar-refractivity contribution < 1.29 is 30.8 Å². The predicted molar refractivity (Wildman–Crippen MR) is 101 cm³/mol. The minimum atomic E-state index is -4.72. The maximum atomic E-state index is 13.4. The molecule has 0 spiro atoms. The molecular weight excluding hydrogens is 482 g/mol. The van der Waals surface area contributed by atoms with Crippen LogP contribution in [0.5, 0.6) is 0 Å². The van der Waals surface area contributed by atoms with Crippen molar-refractivity contribution in [3.8, 4) is 0 Å². The van der Waals surface area contributed by atoms with Gasteiger partial charge in [-0.1, -0.05) is 0 Å². The van der Waals surface area contributed by atoms with Crippen molar-refractivity contribution in [2.75, 3.05) is 5.32 Å². The number of carbonyl (C=O) groups excluding carboxylic acids is 1. The number of carbonyl (C=O) groups is 1. The van der Waals surface area contributed by atoms with Crippen molar-refractivity contribution in [3.05, 3.63) is 45.9 Å². The van der Waals surface area contributed by atoms with Crippen LogP contribution in [0.3, 0.4) is 0 Å². The van der Waals surface area contributed by atoms with Gasteiger partial charge in [0.25, 0.3) is 5.91 Å². The summed E-state index contributed by atoms with van der Waals surface area (Å²) in [7, 11) is -3.18. The maximum Gasteiger partial charge on any atom is 0.407 e. The Bertz CT molecular complexity index is 1090. The average molecular weight is 498 g/mol. The molecule has 12 heteroatoms. The lowest BCUT2D eigenvalue weighted by Gasteiger charge is -2.20. The highest BCUT2D eigenvalue weighted by molar-refractivity contribution is 9.10. The number of sulfonamides is 1. The predicted octanol–water partition coefficient (Wildman–Crippen LogP) is 3.86. The van der Waals surface area contributed by atoms with Crippen LogP contribution in [0.1, 0.15) is 28.9 Å². The van der Waals surface area contributed by atoms with Crippen LogP contribution in [-0.4, -0.2) is 30.6 Å². The number of alkyl halides is 3. The first-order chi connectivity index (χ1) is 13.3. The number of nitrogens with zero attached hydrogens (tertiary/aromatic N) is 1. The van der Waals surface area contributed by atoms with Crippen LogP contribution in [-0.2, 0) is 17.1 Å². The topological polar surface area (TPSA) is 80.2 Å². The summed E-state index contributed by atoms with van der Waals surface area (Å²) >= 11 is 3.01. The molecule has 1 fully saturated rings. The fourth-order valence-corrected chi connectivity index (χ4v) is 5.58. The zero-order valence-electron chi connectivity index (χ0n) is 15.2. The van der Waals surface area contributed by atoms with Crippen molar-refractivity contribution in [1.29, 1.82) is 0 Å². The molecule has 1 aromatic heterocycles. The van der Waals surface area contributed by atoms with Crippen LogP contribution in [0.15, 0.2) is 33.8 Å². The van der Waals surface area contributed by atoms with Crippen molar-refractivity contribution >= 4 is 37.5 Å². The van der Waals surface area contributed by atoms with E-state index in [-0.39, 0.29) is 28.7 Å². The van der Waals surface area contributed by atoms with E-state index in [4.69, 9.17) is 0 Å². The molecule has 1 amide bonds. The molecule has 1 aromatic carbocycles. The van der Waals surface area contributed by atoms with E-state index in [2.05, 4.69) is 21.2 Å². The number of halogens is 5. The van der Waals surface area contributed by atoms with Gasteiger partial charge in [0.2, 0.25) is 10.0 Å². The minimum absolute atomic E-state index is 0.121. The fourth-order valence-electron chi connectivity index (χ4n) is 2.81. The number of benzene rings is 1. The lowest BCUT2D eigenvalue weighted by atomic mass is 10.2. The average Bonchev–Trinajstić information content (AvgIpc) is 3.29. The molecule has 6 nitrogen and oxygen atoms in total. The van der Waals surface area contributed by atoms with E-state index >= 15 is 0 Å². The number of anilines is 1. The van der Waals surface area contributed by atoms with Crippen LogP contribution >= 0.6 is 15.9 Å². The molecule has 1 saturated carbocycles. The lowest BCUT2D eigenvalue weighted by molar-refractivity contribution is -0.160. The van der Waals surface area contributed by atoms with Crippen LogP contribution in [0.2, 0.25) is 0 Å². The molecule has 0 aliphatic heterocycles. The van der Waals surface area contributed by atoms with Gasteiger partial charge in [-0.2, -0.15) is 17.9 Å². The van der Waals surface area contributed by atoms with Gasteiger partial charge in [0.1, 0.15) is 21.9 Å². The zero-order chi connectivity index (χ0) is 21.8. The summed E-state index contributed by atoms with van der Waals surface area (Å²) in [5, 5.41) is 2.51. The lowest BCUT2D eigenvalue weighted by Crippen LogP contribution is -2.47. The molecule has 1 aliphatic rings. The van der Waals surface area contributed by atoms with Gasteiger partial charge in [-0.05, 0) is 59.5 Å². The molecular formula is C17H16BrF4N3O3S. The zero-order valence-corrected chi connectivity index (χ0v) is 17.6. The van der Waals surface area contributed by atoms with E-state index in [1.54, 1.807) is 4.72 Å². The number of aryl methyl sites for hydroxylation is 2. The molecule has 158 valence electrons. The summed E-state index contributed by atoms with van der Waals surface area (Å²) in [6.07, 6.45) is -4.37. The Labute approximate surface area is 172 Å². The third-order valence-electron chi connectivity index (χ3n) is 4.63. The third-order valence-corrected chi connectivity index (χ3v) is 7.24. The summed E-state index contributed by atoms with van der Waals surface area (Å²) < 4.78 is 80.6. The van der Waals surface area contributed by atoms with Crippen molar-refractivity contribution in [3.63, 3.8) is 0 Å². The van der Waals surface area contributed by atoms with Crippen LogP contribution in [0.25, 0.3) is 0 Å². The summed E-state index contributed by atoms with van der Waals surface area (Å²) in [6.45, 7) is 1.51. The van der Waals surface area contributed by atoms with Gasteiger partial charge in [-0.25, -0.2) is 12.8 Å². The van der Waals surface area contributed by atoms with Gasteiger partial charge in [0.05, 0.1) is 4.47 Å². The smallest absolute Gasteiger partial charge is 0.344 e. The Morgan fingerprint density at radius 3 is 2.41 bits per heavy atom. The van der Waals surface area contributed by atoms with Crippen LogP contribution in [0.4, 0.5) is 23.2 Å². The van der Waals surface area contributed by atoms with E-state index in [9.17, 15) is 30.8 Å². The molecule has 1 aliphatic carbocycles. The highest BCUT2D eigenvalue weighted by atomic mass is 79.9. The summed E-state index contributed by atoms with van der Waals surface area (Å²) in [5.41, 5.74) is -2.03. The second-order valence-corrected chi connectivity index (χ2v) is 9.31. The maximum absolute atomic E-state index is 13.4. The number of nitrogens with one attached hydrogen (secondary N) is 2. The van der Waals surface area contributed by atoms with Crippen LogP contribution in [0, 0.1) is 12.7 Å². The molecule has 0 bridgehead atoms. The van der Waals surface area contributed by atoms with Crippen LogP contribution < -0.4 is 10.0 Å². The minimum Gasteiger partial charge on any atom is -0.344 e. The third kappa shape index (κ3) is 4.05. The van der Waals surface area contributed by atoms with Gasteiger partial charge in [-0.3, -0.25) is 4.79 Å². The Kier molecular flexibility index (Phi) is 5.33. The molecule has 0 atom stereocenters. The van der Waals surface area contributed by atoms with Crippen molar-refractivity contribution in [2.45, 2.75) is 36.4 Å². The van der Waals surface area contributed by atoms with Gasteiger partial charge in [-0.15, -0.1) is 0 Å². The van der Waals surface area contributed by atoms with E-state index in [1.807, 2.05) is 0 Å². The van der Waals surface area contributed by atoms with Gasteiger partial charge >= 0.3 is 6.18 Å². The first kappa shape index (κ1) is 21.8. The highest BCUT2D eigenvalue weighted by Gasteiger charge is 2.65. The fraction of sp³-hybridized carbons (Fsp3) is 0.353. The van der Waals surface area contributed by atoms with Gasteiger partial charge < -0.3 is 9.88 Å². The molecule has 2 aromatic rings. The number of hydrogen-bond donors (Lipinski definition) is 2. The molecule has 29 heavy (non-hydrogen) atoms. The molecule has 3 rings (SSSR count). The molecule has 0 saturated heterocycles. The molecule has 0 unspecified atom stereocenters. The first-order valence-electron chi connectivity index (χ1n) is 8.30. The molecule has 1 heterocycles. The SMILES string of the molecule is Cc1cc(NC(=O)c2c(Br)c(S(=O)(=O)NC3(C(F)(F)F)CC3)cn2C)ccc1F. The van der Waals surface area contributed by atoms with Crippen molar-refractivity contribution in [1.82, 2.24) is 9.29 Å². The van der Waals surface area contributed by atoms with E-state index in [0.29, 0.717) is 5.56 Å². The molecule has 0 radical (unpaired) electrons. The Hall–Kier alpha value is -1.92. The number of aromatic nitrogens is 1. The first-order valence-corrected chi connectivity index (χ1v) is 10.6. The largest absolute Gasteiger partial charge is 0.407 e. The summed E-state index contributed by atoms with van der Waals surface area (Å²) in [4.78, 5) is 12.1. The number of rotatable bonds is 5. The number of hydrogen-bond acceptors (Lipinski definition) is 3. The second kappa shape index (κ2) is 7.10. The Morgan fingerprint density at radius 2 is 1.90 bits per heavy atom. The van der Waals surface area contributed by atoms with Crippen molar-refractivity contribution in [2.24, 2.45) is 7.05 Å². The normalized spacial score (nSPS) is 16.0. The van der Waals surface area contributed by atoms with E-state index in [0.717, 1.165) is 12.3 Å².